The van der Waals surface area contributed by atoms with Gasteiger partial charge in [-0.1, -0.05) is 6.92 Å². The molecule has 0 aromatic heterocycles. The van der Waals surface area contributed by atoms with E-state index in [1.54, 1.807) is 0 Å². The van der Waals surface area contributed by atoms with Crippen molar-refractivity contribution in [2.24, 2.45) is 40.4 Å². The molecule has 4 aliphatic carbocycles. The van der Waals surface area contributed by atoms with Crippen molar-refractivity contribution in [3.63, 3.8) is 0 Å². The molecule has 24 heavy (non-hydrogen) atoms. The summed E-state index contributed by atoms with van der Waals surface area (Å²) in [6.07, 6.45) is 10.2. The van der Waals surface area contributed by atoms with Crippen LogP contribution in [0.25, 0.3) is 0 Å². The first-order valence-electron chi connectivity index (χ1n) is 10.2. The molecule has 4 fully saturated rings. The minimum atomic E-state index is -0.111. The average molecular weight is 353 g/mol. The predicted octanol–water partition coefficient (Wildman–Crippen LogP) is 4.81. The van der Waals surface area contributed by atoms with Gasteiger partial charge in [0.2, 0.25) is 0 Å². The highest BCUT2D eigenvalue weighted by molar-refractivity contribution is 6.18. The fraction of sp³-hybridized carbons (Fsp3) is 0.952. The van der Waals surface area contributed by atoms with Crippen molar-refractivity contribution in [3.8, 4) is 0 Å². The van der Waals surface area contributed by atoms with Crippen molar-refractivity contribution < 1.29 is 9.90 Å². The molecule has 0 heterocycles. The number of carbonyl (C=O) groups is 1. The molecule has 0 radical (unpaired) electrons. The minimum absolute atomic E-state index is 0.0772. The number of hydrogen-bond donors (Lipinski definition) is 1. The summed E-state index contributed by atoms with van der Waals surface area (Å²) in [5.74, 6) is 4.21. The van der Waals surface area contributed by atoms with E-state index in [4.69, 9.17) is 11.6 Å². The van der Waals surface area contributed by atoms with E-state index in [0.29, 0.717) is 40.7 Å². The van der Waals surface area contributed by atoms with E-state index in [-0.39, 0.29) is 11.5 Å². The van der Waals surface area contributed by atoms with Crippen LogP contribution in [0.15, 0.2) is 0 Å². The van der Waals surface area contributed by atoms with Gasteiger partial charge in [0.15, 0.2) is 0 Å². The summed E-state index contributed by atoms with van der Waals surface area (Å²) in [6, 6.07) is 0. The van der Waals surface area contributed by atoms with Crippen molar-refractivity contribution in [1.82, 2.24) is 0 Å². The average Bonchev–Trinajstić information content (AvgIpc) is 2.95. The lowest BCUT2D eigenvalue weighted by atomic mass is 9.44. The normalized spacial score (nSPS) is 53.8. The lowest BCUT2D eigenvalue weighted by Gasteiger charge is -2.61. The third-order valence-corrected chi connectivity index (χ3v) is 9.53. The number of rotatable bonds is 2. The first kappa shape index (κ1) is 17.3. The molecule has 136 valence electrons. The van der Waals surface area contributed by atoms with Gasteiger partial charge in [-0.15, -0.1) is 11.6 Å². The molecule has 8 atom stereocenters. The Balaban J connectivity index is 1.66. The molecule has 4 rings (SSSR count). The van der Waals surface area contributed by atoms with E-state index in [1.807, 2.05) is 6.92 Å². The number of ketones is 1. The summed E-state index contributed by atoms with van der Waals surface area (Å²) < 4.78 is 0. The molecule has 0 saturated heterocycles. The van der Waals surface area contributed by atoms with Crippen molar-refractivity contribution in [1.29, 1.82) is 0 Å². The van der Waals surface area contributed by atoms with Crippen LogP contribution in [0.1, 0.15) is 71.6 Å². The van der Waals surface area contributed by atoms with Crippen LogP contribution in [-0.2, 0) is 4.79 Å². The SMILES string of the molecule is CC(=O)[C@@]12CCC3C(CC[C@H]4C[C@H](O)CC[C@]34C)C1CC[C@@H]2CCl. The quantitative estimate of drug-likeness (QED) is 0.724. The Morgan fingerprint density at radius 3 is 2.58 bits per heavy atom. The van der Waals surface area contributed by atoms with Gasteiger partial charge < -0.3 is 5.11 Å². The summed E-state index contributed by atoms with van der Waals surface area (Å²) in [5.41, 5.74) is 0.282. The van der Waals surface area contributed by atoms with Crippen LogP contribution in [0.3, 0.4) is 0 Å². The molecule has 0 aromatic rings. The van der Waals surface area contributed by atoms with Crippen molar-refractivity contribution in [2.75, 3.05) is 5.88 Å². The highest BCUT2D eigenvalue weighted by atomic mass is 35.5. The second-order valence-electron chi connectivity index (χ2n) is 9.65. The van der Waals surface area contributed by atoms with Gasteiger partial charge in [-0.25, -0.2) is 0 Å². The van der Waals surface area contributed by atoms with Gasteiger partial charge >= 0.3 is 0 Å². The van der Waals surface area contributed by atoms with E-state index in [1.165, 1.54) is 32.1 Å². The molecule has 4 saturated carbocycles. The van der Waals surface area contributed by atoms with E-state index >= 15 is 0 Å². The van der Waals surface area contributed by atoms with Gasteiger partial charge in [0, 0.05) is 11.3 Å². The lowest BCUT2D eigenvalue weighted by Crippen LogP contribution is -2.56. The molecule has 2 nitrogen and oxygen atoms in total. The zero-order chi connectivity index (χ0) is 17.1. The molecule has 0 bridgehead atoms. The summed E-state index contributed by atoms with van der Waals surface area (Å²) in [7, 11) is 0. The van der Waals surface area contributed by atoms with Gasteiger partial charge in [0.05, 0.1) is 6.10 Å². The van der Waals surface area contributed by atoms with Crippen LogP contribution in [0, 0.1) is 40.4 Å². The molecule has 3 heteroatoms. The van der Waals surface area contributed by atoms with Gasteiger partial charge in [0.25, 0.3) is 0 Å². The number of halogens is 1. The monoisotopic (exact) mass is 352 g/mol. The third kappa shape index (κ3) is 2.21. The van der Waals surface area contributed by atoms with Crippen LogP contribution in [0.5, 0.6) is 0 Å². The predicted molar refractivity (Wildman–Crippen MR) is 97.0 cm³/mol. The zero-order valence-corrected chi connectivity index (χ0v) is 16.0. The zero-order valence-electron chi connectivity index (χ0n) is 15.3. The number of alkyl halides is 1. The lowest BCUT2D eigenvalue weighted by molar-refractivity contribution is -0.152. The minimum Gasteiger partial charge on any atom is -0.393 e. The smallest absolute Gasteiger partial charge is 0.136 e. The molecule has 0 aliphatic heterocycles. The van der Waals surface area contributed by atoms with Gasteiger partial charge in [-0.2, -0.15) is 0 Å². The molecule has 0 spiro atoms. The van der Waals surface area contributed by atoms with Crippen LogP contribution in [0.2, 0.25) is 0 Å². The topological polar surface area (TPSA) is 37.3 Å². The van der Waals surface area contributed by atoms with Crippen molar-refractivity contribution in [3.05, 3.63) is 0 Å². The Morgan fingerprint density at radius 2 is 1.88 bits per heavy atom. The van der Waals surface area contributed by atoms with Gasteiger partial charge in [0.1, 0.15) is 5.78 Å². The third-order valence-electron chi connectivity index (χ3n) is 9.16. The number of fused-ring (bicyclic) bond motifs is 5. The van der Waals surface area contributed by atoms with E-state index in [2.05, 4.69) is 6.92 Å². The van der Waals surface area contributed by atoms with Crippen LogP contribution < -0.4 is 0 Å². The standard InChI is InChI=1S/C21H33ClO2/c1-13(23)21-10-8-18-17(19(21)6-4-15(21)12-22)5-3-14-11-16(24)7-9-20(14,18)2/h14-19,24H,3-12H2,1-2H3/t14-,15+,16+,17?,18?,19?,20-,21+/m0/s1. The molecular weight excluding hydrogens is 320 g/mol. The number of carbonyl (C=O) groups excluding carboxylic acids is 1. The molecule has 0 amide bonds. The summed E-state index contributed by atoms with van der Waals surface area (Å²) in [4.78, 5) is 12.8. The van der Waals surface area contributed by atoms with Gasteiger partial charge in [-0.05, 0) is 99.7 Å². The Bertz CT molecular complexity index is 520. The Kier molecular flexibility index (Phi) is 4.32. The van der Waals surface area contributed by atoms with E-state index in [0.717, 1.165) is 31.6 Å². The van der Waals surface area contributed by atoms with Crippen molar-refractivity contribution in [2.45, 2.75) is 77.7 Å². The number of Topliss-reactive ketones (excluding diaryl/α,β-unsaturated/α-hetero) is 1. The maximum atomic E-state index is 12.8. The largest absolute Gasteiger partial charge is 0.393 e. The molecule has 1 N–H and O–H groups in total. The molecule has 0 aromatic carbocycles. The maximum Gasteiger partial charge on any atom is 0.136 e. The fourth-order valence-corrected chi connectivity index (χ4v) is 8.39. The van der Waals surface area contributed by atoms with Crippen LogP contribution in [0.4, 0.5) is 0 Å². The Hall–Kier alpha value is -0.0800. The Morgan fingerprint density at radius 1 is 1.08 bits per heavy atom. The molecule has 3 unspecified atom stereocenters. The highest BCUT2D eigenvalue weighted by Gasteiger charge is 2.63. The summed E-state index contributed by atoms with van der Waals surface area (Å²) >= 11 is 6.31. The first-order chi connectivity index (χ1) is 11.4. The second kappa shape index (κ2) is 5.98. The highest BCUT2D eigenvalue weighted by Crippen LogP contribution is 2.67. The Labute approximate surface area is 151 Å². The second-order valence-corrected chi connectivity index (χ2v) is 9.96. The maximum absolute atomic E-state index is 12.8. The molecular formula is C21H33ClO2. The summed E-state index contributed by atoms with van der Waals surface area (Å²) in [5, 5.41) is 10.1. The van der Waals surface area contributed by atoms with Gasteiger partial charge in [-0.3, -0.25) is 4.79 Å². The fourth-order valence-electron chi connectivity index (χ4n) is 7.96. The summed E-state index contributed by atoms with van der Waals surface area (Å²) in [6.45, 7) is 4.34. The molecule has 4 aliphatic rings. The van der Waals surface area contributed by atoms with E-state index in [9.17, 15) is 9.90 Å². The number of aliphatic hydroxyl groups is 1. The van der Waals surface area contributed by atoms with Crippen LogP contribution in [-0.4, -0.2) is 22.9 Å². The van der Waals surface area contributed by atoms with Crippen LogP contribution >= 0.6 is 11.6 Å². The number of aliphatic hydroxyl groups excluding tert-OH is 1. The van der Waals surface area contributed by atoms with Crippen molar-refractivity contribution >= 4 is 17.4 Å². The first-order valence-corrected chi connectivity index (χ1v) is 10.7. The number of hydrogen-bond acceptors (Lipinski definition) is 2. The van der Waals surface area contributed by atoms with E-state index < -0.39 is 0 Å².